The molecular weight excluding hydrogens is 244 g/mol. The first-order valence-corrected chi connectivity index (χ1v) is 6.20. The van der Waals surface area contributed by atoms with Crippen molar-refractivity contribution in [1.82, 2.24) is 4.90 Å². The number of allylic oxidation sites excluding steroid dienone is 3. The largest absolute Gasteiger partial charge is 0.336 e. The van der Waals surface area contributed by atoms with Gasteiger partial charge >= 0.3 is 0 Å². The number of rotatable bonds is 3. The summed E-state index contributed by atoms with van der Waals surface area (Å²) < 4.78 is 25.6. The quantitative estimate of drug-likeness (QED) is 0.780. The first kappa shape index (κ1) is 13.5. The molecule has 1 aliphatic rings. The number of alkyl halides is 2. The Morgan fingerprint density at radius 3 is 2.47 bits per heavy atom. The van der Waals surface area contributed by atoms with Crippen molar-refractivity contribution in [3.05, 3.63) is 65.4 Å². The van der Waals surface area contributed by atoms with Crippen LogP contribution in [0, 0.1) is 6.92 Å². The van der Waals surface area contributed by atoms with E-state index >= 15 is 0 Å². The molecule has 0 aromatic heterocycles. The van der Waals surface area contributed by atoms with E-state index in [0.717, 1.165) is 22.4 Å². The molecule has 3 heteroatoms. The van der Waals surface area contributed by atoms with Gasteiger partial charge in [0.15, 0.2) is 0 Å². The highest BCUT2D eigenvalue weighted by Gasteiger charge is 2.22. The lowest BCUT2D eigenvalue weighted by molar-refractivity contribution is 0.123. The zero-order valence-electron chi connectivity index (χ0n) is 11.2. The van der Waals surface area contributed by atoms with Crippen molar-refractivity contribution in [1.29, 1.82) is 0 Å². The van der Waals surface area contributed by atoms with Gasteiger partial charge in [0, 0.05) is 17.0 Å². The van der Waals surface area contributed by atoms with Gasteiger partial charge in [-0.3, -0.25) is 0 Å². The fourth-order valence-electron chi connectivity index (χ4n) is 2.19. The van der Waals surface area contributed by atoms with E-state index in [0.29, 0.717) is 5.70 Å². The molecule has 0 aliphatic carbocycles. The summed E-state index contributed by atoms with van der Waals surface area (Å²) in [6.07, 6.45) is 1.41. The molecule has 0 saturated carbocycles. The number of aryl methyl sites for hydroxylation is 1. The molecule has 100 valence electrons. The molecule has 0 bridgehead atoms. The van der Waals surface area contributed by atoms with Gasteiger partial charge in [0.1, 0.15) is 0 Å². The molecule has 0 N–H and O–H groups in total. The van der Waals surface area contributed by atoms with Crippen molar-refractivity contribution >= 4 is 5.70 Å². The molecule has 0 saturated heterocycles. The Morgan fingerprint density at radius 2 is 1.84 bits per heavy atom. The third-order valence-corrected chi connectivity index (χ3v) is 3.30. The Hall–Kier alpha value is -1.90. The van der Waals surface area contributed by atoms with Crippen LogP contribution in [0.2, 0.25) is 0 Å². The van der Waals surface area contributed by atoms with E-state index in [9.17, 15) is 8.78 Å². The zero-order chi connectivity index (χ0) is 14.0. The van der Waals surface area contributed by atoms with Gasteiger partial charge in [0.2, 0.25) is 0 Å². The molecule has 0 radical (unpaired) electrons. The van der Waals surface area contributed by atoms with Crippen LogP contribution in [0.3, 0.4) is 0 Å². The van der Waals surface area contributed by atoms with Gasteiger partial charge in [0.25, 0.3) is 6.43 Å². The number of nitrogens with zero attached hydrogens (tertiary/aromatic N) is 1. The highest BCUT2D eigenvalue weighted by Crippen LogP contribution is 2.32. The molecule has 0 amide bonds. The highest BCUT2D eigenvalue weighted by molar-refractivity contribution is 5.72. The van der Waals surface area contributed by atoms with Crippen LogP contribution in [0.15, 0.2) is 54.3 Å². The topological polar surface area (TPSA) is 3.24 Å². The molecular formula is C16H17F2N. The van der Waals surface area contributed by atoms with E-state index in [1.807, 2.05) is 50.3 Å². The van der Waals surface area contributed by atoms with Crippen LogP contribution in [0.5, 0.6) is 0 Å². The van der Waals surface area contributed by atoms with E-state index in [-0.39, 0.29) is 6.54 Å². The molecule has 1 aromatic rings. The number of hydrogen-bond donors (Lipinski definition) is 0. The Balaban J connectivity index is 2.46. The Bertz CT molecular complexity index is 556. The predicted molar refractivity (Wildman–Crippen MR) is 74.8 cm³/mol. The van der Waals surface area contributed by atoms with Crippen LogP contribution in [0.4, 0.5) is 8.78 Å². The maximum Gasteiger partial charge on any atom is 0.256 e. The minimum atomic E-state index is -2.39. The fourth-order valence-corrected chi connectivity index (χ4v) is 2.19. The first-order chi connectivity index (χ1) is 9.00. The lowest BCUT2D eigenvalue weighted by Gasteiger charge is -2.32. The Morgan fingerprint density at radius 1 is 1.16 bits per heavy atom. The standard InChI is InChI=1S/C16H17F2N/c1-11-8-9-15(14-7-5-4-6-12(14)2)19(13(11)3)10-16(17)18/h4-9,16H,3,10H2,1-2H3. The van der Waals surface area contributed by atoms with Gasteiger partial charge in [-0.2, -0.15) is 0 Å². The maximum absolute atomic E-state index is 12.8. The smallest absolute Gasteiger partial charge is 0.256 e. The van der Waals surface area contributed by atoms with Crippen molar-refractivity contribution in [3.63, 3.8) is 0 Å². The second-order valence-electron chi connectivity index (χ2n) is 4.66. The van der Waals surface area contributed by atoms with Crippen molar-refractivity contribution in [2.45, 2.75) is 20.3 Å². The van der Waals surface area contributed by atoms with E-state index in [4.69, 9.17) is 0 Å². The van der Waals surface area contributed by atoms with E-state index < -0.39 is 6.43 Å². The summed E-state index contributed by atoms with van der Waals surface area (Å²) >= 11 is 0. The maximum atomic E-state index is 12.8. The van der Waals surface area contributed by atoms with Crippen LogP contribution in [-0.4, -0.2) is 17.9 Å². The number of halogens is 2. The second kappa shape index (κ2) is 5.39. The van der Waals surface area contributed by atoms with Crippen LogP contribution in [0.1, 0.15) is 18.1 Å². The van der Waals surface area contributed by atoms with E-state index in [1.54, 1.807) is 4.90 Å². The molecule has 1 heterocycles. The van der Waals surface area contributed by atoms with Gasteiger partial charge in [-0.25, -0.2) is 8.78 Å². The van der Waals surface area contributed by atoms with Gasteiger partial charge in [-0.1, -0.05) is 36.9 Å². The normalized spacial score (nSPS) is 15.6. The summed E-state index contributed by atoms with van der Waals surface area (Å²) in [5, 5.41) is 0. The summed E-state index contributed by atoms with van der Waals surface area (Å²) in [5.41, 5.74) is 4.37. The molecule has 0 fully saturated rings. The van der Waals surface area contributed by atoms with Gasteiger partial charge in [-0.15, -0.1) is 0 Å². The average molecular weight is 261 g/mol. The molecule has 0 atom stereocenters. The van der Waals surface area contributed by atoms with Crippen molar-refractivity contribution in [2.75, 3.05) is 6.54 Å². The summed E-state index contributed by atoms with van der Waals surface area (Å²) in [5.74, 6) is 0. The minimum Gasteiger partial charge on any atom is -0.336 e. The first-order valence-electron chi connectivity index (χ1n) is 6.20. The van der Waals surface area contributed by atoms with Crippen LogP contribution in [-0.2, 0) is 0 Å². The molecule has 1 nitrogen and oxygen atoms in total. The highest BCUT2D eigenvalue weighted by atomic mass is 19.3. The third-order valence-electron chi connectivity index (χ3n) is 3.30. The Kier molecular flexibility index (Phi) is 3.84. The monoisotopic (exact) mass is 261 g/mol. The van der Waals surface area contributed by atoms with E-state index in [2.05, 4.69) is 6.58 Å². The fraction of sp³-hybridized carbons (Fsp3) is 0.250. The summed E-state index contributed by atoms with van der Waals surface area (Å²) in [4.78, 5) is 1.60. The van der Waals surface area contributed by atoms with Crippen LogP contribution < -0.4 is 0 Å². The zero-order valence-corrected chi connectivity index (χ0v) is 11.2. The lowest BCUT2D eigenvalue weighted by Crippen LogP contribution is -2.29. The van der Waals surface area contributed by atoms with E-state index in [1.165, 1.54) is 0 Å². The van der Waals surface area contributed by atoms with Gasteiger partial charge in [-0.05, 0) is 31.1 Å². The van der Waals surface area contributed by atoms with Crippen molar-refractivity contribution < 1.29 is 8.78 Å². The molecule has 1 aliphatic heterocycles. The molecule has 0 spiro atoms. The summed E-state index contributed by atoms with van der Waals surface area (Å²) in [6, 6.07) is 7.78. The van der Waals surface area contributed by atoms with Crippen molar-refractivity contribution in [2.24, 2.45) is 0 Å². The predicted octanol–water partition coefficient (Wildman–Crippen LogP) is 4.38. The SMILES string of the molecule is C=C1C(C)=CC=C(c2ccccc2C)N1CC(F)F. The minimum absolute atomic E-state index is 0.329. The van der Waals surface area contributed by atoms with Crippen LogP contribution in [0.25, 0.3) is 5.70 Å². The Labute approximate surface area is 112 Å². The van der Waals surface area contributed by atoms with Crippen molar-refractivity contribution in [3.8, 4) is 0 Å². The third kappa shape index (κ3) is 2.75. The van der Waals surface area contributed by atoms with Gasteiger partial charge in [0.05, 0.1) is 6.54 Å². The lowest BCUT2D eigenvalue weighted by atomic mass is 9.99. The molecule has 19 heavy (non-hydrogen) atoms. The average Bonchev–Trinajstić information content (AvgIpc) is 2.36. The summed E-state index contributed by atoms with van der Waals surface area (Å²) in [6.45, 7) is 7.45. The van der Waals surface area contributed by atoms with Crippen LogP contribution >= 0.6 is 0 Å². The summed E-state index contributed by atoms with van der Waals surface area (Å²) in [7, 11) is 0. The number of hydrogen-bond acceptors (Lipinski definition) is 1. The molecule has 1 aromatic carbocycles. The second-order valence-corrected chi connectivity index (χ2v) is 4.66. The van der Waals surface area contributed by atoms with Gasteiger partial charge < -0.3 is 4.90 Å². The molecule has 0 unspecified atom stereocenters. The molecule has 2 rings (SSSR count). The number of benzene rings is 1.